The van der Waals surface area contributed by atoms with Crippen molar-refractivity contribution in [1.29, 1.82) is 0 Å². The second kappa shape index (κ2) is 8.31. The lowest BCUT2D eigenvalue weighted by atomic mass is 10.1. The highest BCUT2D eigenvalue weighted by molar-refractivity contribution is 7.91. The Labute approximate surface area is 160 Å². The van der Waals surface area contributed by atoms with E-state index in [-0.39, 0.29) is 23.6 Å². The van der Waals surface area contributed by atoms with Gasteiger partial charge in [0.2, 0.25) is 0 Å². The quantitative estimate of drug-likeness (QED) is 0.775. The van der Waals surface area contributed by atoms with Gasteiger partial charge >= 0.3 is 6.03 Å². The van der Waals surface area contributed by atoms with Crippen molar-refractivity contribution in [1.82, 2.24) is 4.90 Å². The number of benzene rings is 1. The van der Waals surface area contributed by atoms with Gasteiger partial charge in [0.25, 0.3) is 0 Å². The zero-order valence-corrected chi connectivity index (χ0v) is 16.5. The predicted octanol–water partition coefficient (Wildman–Crippen LogP) is 2.04. The van der Waals surface area contributed by atoms with E-state index in [1.165, 1.54) is 0 Å². The molecule has 2 heterocycles. The Bertz CT molecular complexity index is 803. The van der Waals surface area contributed by atoms with Gasteiger partial charge in [-0.05, 0) is 37.1 Å². The highest BCUT2D eigenvalue weighted by atomic mass is 32.2. The Kier molecular flexibility index (Phi) is 6.06. The van der Waals surface area contributed by atoms with Crippen LogP contribution in [0.25, 0.3) is 0 Å². The fourth-order valence-electron chi connectivity index (χ4n) is 3.55. The maximum atomic E-state index is 12.8. The van der Waals surface area contributed by atoms with Crippen LogP contribution in [-0.2, 0) is 14.6 Å². The van der Waals surface area contributed by atoms with Crippen molar-refractivity contribution < 1.29 is 17.9 Å². The van der Waals surface area contributed by atoms with E-state index < -0.39 is 9.84 Å². The fraction of sp³-hybridized carbons (Fsp3) is 0.526. The lowest BCUT2D eigenvalue weighted by molar-refractivity contribution is 0.122. The first-order valence-electron chi connectivity index (χ1n) is 9.22. The summed E-state index contributed by atoms with van der Waals surface area (Å²) in [6.45, 7) is 9.12. The molecule has 7 nitrogen and oxygen atoms in total. The van der Waals surface area contributed by atoms with Crippen molar-refractivity contribution in [2.75, 3.05) is 54.6 Å². The molecule has 1 aromatic carbocycles. The van der Waals surface area contributed by atoms with Gasteiger partial charge in [0, 0.05) is 37.1 Å². The Hall–Kier alpha value is -2.06. The second-order valence-electron chi connectivity index (χ2n) is 7.03. The van der Waals surface area contributed by atoms with Crippen LogP contribution in [0.4, 0.5) is 16.2 Å². The molecule has 2 aliphatic rings. The van der Waals surface area contributed by atoms with E-state index in [9.17, 15) is 13.2 Å². The van der Waals surface area contributed by atoms with E-state index in [0.717, 1.165) is 43.2 Å². The number of hydrogen-bond donors (Lipinski definition) is 1. The monoisotopic (exact) mass is 393 g/mol. The minimum atomic E-state index is -3.06. The summed E-state index contributed by atoms with van der Waals surface area (Å²) >= 11 is 0. The van der Waals surface area contributed by atoms with E-state index in [1.807, 2.05) is 19.1 Å². The molecule has 2 aliphatic heterocycles. The van der Waals surface area contributed by atoms with Gasteiger partial charge in [0.05, 0.1) is 24.7 Å². The summed E-state index contributed by atoms with van der Waals surface area (Å²) < 4.78 is 28.9. The van der Waals surface area contributed by atoms with Gasteiger partial charge in [-0.15, -0.1) is 6.58 Å². The minimum Gasteiger partial charge on any atom is -0.378 e. The van der Waals surface area contributed by atoms with Crippen LogP contribution in [0.1, 0.15) is 12.0 Å². The highest BCUT2D eigenvalue weighted by Crippen LogP contribution is 2.25. The van der Waals surface area contributed by atoms with Crippen LogP contribution in [0.5, 0.6) is 0 Å². The van der Waals surface area contributed by atoms with E-state index >= 15 is 0 Å². The van der Waals surface area contributed by atoms with Crippen molar-refractivity contribution >= 4 is 27.2 Å². The van der Waals surface area contributed by atoms with E-state index in [0.29, 0.717) is 13.0 Å². The molecule has 27 heavy (non-hydrogen) atoms. The van der Waals surface area contributed by atoms with Crippen molar-refractivity contribution in [3.8, 4) is 0 Å². The van der Waals surface area contributed by atoms with Crippen LogP contribution in [0.3, 0.4) is 0 Å². The molecule has 1 aromatic rings. The van der Waals surface area contributed by atoms with Gasteiger partial charge in [-0.3, -0.25) is 0 Å². The van der Waals surface area contributed by atoms with Gasteiger partial charge in [0.1, 0.15) is 0 Å². The molecule has 2 fully saturated rings. The van der Waals surface area contributed by atoms with Gasteiger partial charge in [-0.25, -0.2) is 13.2 Å². The second-order valence-corrected chi connectivity index (χ2v) is 9.26. The summed E-state index contributed by atoms with van der Waals surface area (Å²) in [5.74, 6) is 0.148. The topological polar surface area (TPSA) is 79.0 Å². The maximum Gasteiger partial charge on any atom is 0.322 e. The Morgan fingerprint density at radius 3 is 2.74 bits per heavy atom. The molecule has 148 valence electrons. The minimum absolute atomic E-state index is 0.0171. The molecule has 2 saturated heterocycles. The van der Waals surface area contributed by atoms with Crippen molar-refractivity contribution in [3.63, 3.8) is 0 Å². The van der Waals surface area contributed by atoms with Crippen LogP contribution < -0.4 is 10.2 Å². The Morgan fingerprint density at radius 2 is 2.15 bits per heavy atom. The zero-order valence-electron chi connectivity index (χ0n) is 15.7. The number of ether oxygens (including phenoxy) is 1. The SMILES string of the molecule is C=CCN(C(=O)Nc1ccc(N2CCOCC2)cc1C)[C@@H]1CCS(=O)(=O)C1. The molecular weight excluding hydrogens is 366 g/mol. The first-order valence-corrected chi connectivity index (χ1v) is 11.0. The van der Waals surface area contributed by atoms with Crippen LogP contribution >= 0.6 is 0 Å². The van der Waals surface area contributed by atoms with Crippen molar-refractivity contribution in [3.05, 3.63) is 36.4 Å². The number of hydrogen-bond acceptors (Lipinski definition) is 5. The smallest absolute Gasteiger partial charge is 0.322 e. The summed E-state index contributed by atoms with van der Waals surface area (Å²) in [7, 11) is -3.06. The first-order chi connectivity index (χ1) is 12.9. The number of nitrogens with zero attached hydrogens (tertiary/aromatic N) is 2. The molecule has 0 radical (unpaired) electrons. The molecule has 0 aromatic heterocycles. The molecule has 0 unspecified atom stereocenters. The number of carbonyl (C=O) groups is 1. The van der Waals surface area contributed by atoms with E-state index in [1.54, 1.807) is 11.0 Å². The standard InChI is InChI=1S/C19H27N3O4S/c1-3-7-22(17-6-12-27(24,25)14-17)19(23)20-18-5-4-16(13-15(18)2)21-8-10-26-11-9-21/h3-5,13,17H,1,6-12,14H2,2H3,(H,20,23)/t17-/m1/s1. The first kappa shape index (κ1) is 19.7. The van der Waals surface area contributed by atoms with Gasteiger partial charge < -0.3 is 19.9 Å². The number of rotatable bonds is 5. The third-order valence-electron chi connectivity index (χ3n) is 5.06. The van der Waals surface area contributed by atoms with Gasteiger partial charge in [0.15, 0.2) is 9.84 Å². The molecule has 0 aliphatic carbocycles. The van der Waals surface area contributed by atoms with Crippen LogP contribution in [0.2, 0.25) is 0 Å². The highest BCUT2D eigenvalue weighted by Gasteiger charge is 2.34. The number of anilines is 2. The molecule has 8 heteroatoms. The average molecular weight is 394 g/mol. The van der Waals surface area contributed by atoms with Crippen LogP contribution in [-0.4, -0.2) is 69.7 Å². The molecule has 1 atom stereocenters. The van der Waals surface area contributed by atoms with Crippen molar-refractivity contribution in [2.24, 2.45) is 0 Å². The van der Waals surface area contributed by atoms with Gasteiger partial charge in [-0.2, -0.15) is 0 Å². The number of nitrogens with one attached hydrogen (secondary N) is 1. The third kappa shape index (κ3) is 4.81. The maximum absolute atomic E-state index is 12.8. The van der Waals surface area contributed by atoms with Crippen LogP contribution in [0, 0.1) is 6.92 Å². The number of sulfone groups is 1. The largest absolute Gasteiger partial charge is 0.378 e. The summed E-state index contributed by atoms with van der Waals surface area (Å²) in [4.78, 5) is 16.6. The molecular formula is C19H27N3O4S. The number of morpholine rings is 1. The predicted molar refractivity (Wildman–Crippen MR) is 107 cm³/mol. The van der Waals surface area contributed by atoms with Crippen LogP contribution in [0.15, 0.2) is 30.9 Å². The normalized spacial score (nSPS) is 21.7. The molecule has 0 saturated carbocycles. The molecule has 0 spiro atoms. The number of amides is 2. The number of aryl methyl sites for hydroxylation is 1. The fourth-order valence-corrected chi connectivity index (χ4v) is 5.28. The molecule has 0 bridgehead atoms. The lowest BCUT2D eigenvalue weighted by Crippen LogP contribution is -2.43. The van der Waals surface area contributed by atoms with Crippen molar-refractivity contribution in [2.45, 2.75) is 19.4 Å². The average Bonchev–Trinajstić information content (AvgIpc) is 3.01. The Morgan fingerprint density at radius 1 is 1.41 bits per heavy atom. The summed E-state index contributed by atoms with van der Waals surface area (Å²) in [6.07, 6.45) is 2.09. The summed E-state index contributed by atoms with van der Waals surface area (Å²) in [5.41, 5.74) is 2.80. The molecule has 2 amide bonds. The summed E-state index contributed by atoms with van der Waals surface area (Å²) in [6, 6.07) is 5.35. The van der Waals surface area contributed by atoms with E-state index in [2.05, 4.69) is 22.9 Å². The third-order valence-corrected chi connectivity index (χ3v) is 6.81. The number of urea groups is 1. The number of carbonyl (C=O) groups excluding carboxylic acids is 1. The lowest BCUT2D eigenvalue weighted by Gasteiger charge is -2.30. The zero-order chi connectivity index (χ0) is 19.4. The van der Waals surface area contributed by atoms with Gasteiger partial charge in [-0.1, -0.05) is 6.08 Å². The summed E-state index contributed by atoms with van der Waals surface area (Å²) in [5, 5.41) is 2.93. The molecule has 3 rings (SSSR count). The molecule has 1 N–H and O–H groups in total. The Balaban J connectivity index is 1.70. The van der Waals surface area contributed by atoms with E-state index in [4.69, 9.17) is 4.74 Å².